The summed E-state index contributed by atoms with van der Waals surface area (Å²) in [6.45, 7) is 1.22. The van der Waals surface area contributed by atoms with Crippen LogP contribution in [-0.4, -0.2) is 27.5 Å². The smallest absolute Gasteiger partial charge is 0.354 e. The molecule has 5 nitrogen and oxygen atoms in total. The van der Waals surface area contributed by atoms with Crippen molar-refractivity contribution in [2.45, 2.75) is 18.9 Å². The third-order valence-corrected chi connectivity index (χ3v) is 3.41. The normalized spacial score (nSPS) is 17.6. The molecular formula is C14H14N2O3. The summed E-state index contributed by atoms with van der Waals surface area (Å²) in [4.78, 5) is 11.1. The number of fused-ring (bicyclic) bond motifs is 1. The van der Waals surface area contributed by atoms with Gasteiger partial charge in [0, 0.05) is 18.7 Å². The Morgan fingerprint density at radius 1 is 1.42 bits per heavy atom. The molecule has 0 aliphatic carbocycles. The van der Waals surface area contributed by atoms with Crippen molar-refractivity contribution in [1.29, 1.82) is 0 Å². The molecule has 0 radical (unpaired) electrons. The van der Waals surface area contributed by atoms with Crippen LogP contribution in [0, 0.1) is 0 Å². The van der Waals surface area contributed by atoms with Gasteiger partial charge < -0.3 is 9.84 Å². The molecule has 0 amide bonds. The molecule has 0 bridgehead atoms. The number of nitrogens with zero attached hydrogens (tertiary/aromatic N) is 2. The first-order valence-electron chi connectivity index (χ1n) is 6.22. The Morgan fingerprint density at radius 2 is 2.26 bits per heavy atom. The zero-order valence-electron chi connectivity index (χ0n) is 10.3. The fourth-order valence-corrected chi connectivity index (χ4v) is 2.47. The summed E-state index contributed by atoms with van der Waals surface area (Å²) in [5, 5.41) is 13.2. The maximum absolute atomic E-state index is 11.1. The van der Waals surface area contributed by atoms with Crippen LogP contribution in [0.5, 0.6) is 5.75 Å². The van der Waals surface area contributed by atoms with E-state index in [0.717, 1.165) is 17.7 Å². The highest BCUT2D eigenvalue weighted by Crippen LogP contribution is 2.34. The molecule has 1 aromatic carbocycles. The zero-order valence-corrected chi connectivity index (χ0v) is 10.3. The molecule has 19 heavy (non-hydrogen) atoms. The third kappa shape index (κ3) is 2.19. The minimum atomic E-state index is -0.946. The van der Waals surface area contributed by atoms with E-state index >= 15 is 0 Å². The molecule has 0 fully saturated rings. The Morgan fingerprint density at radius 3 is 3.11 bits per heavy atom. The van der Waals surface area contributed by atoms with Crippen molar-refractivity contribution in [3.05, 3.63) is 47.8 Å². The maximum Gasteiger partial charge on any atom is 0.354 e. The lowest BCUT2D eigenvalue weighted by molar-refractivity contribution is 0.0682. The quantitative estimate of drug-likeness (QED) is 0.916. The molecule has 5 heteroatoms. The minimum absolute atomic E-state index is 0.226. The maximum atomic E-state index is 11.1. The Bertz CT molecular complexity index is 606. The summed E-state index contributed by atoms with van der Waals surface area (Å²) in [6, 6.07) is 9.42. The lowest BCUT2D eigenvalue weighted by Crippen LogP contribution is -2.21. The second-order valence-corrected chi connectivity index (χ2v) is 4.58. The fraction of sp³-hybridized carbons (Fsp3) is 0.286. The predicted octanol–water partition coefficient (Wildman–Crippen LogP) is 2.15. The van der Waals surface area contributed by atoms with E-state index in [1.54, 1.807) is 4.68 Å². The van der Waals surface area contributed by atoms with Crippen molar-refractivity contribution in [3.8, 4) is 5.75 Å². The molecule has 2 heterocycles. The average molecular weight is 258 g/mol. The summed E-state index contributed by atoms with van der Waals surface area (Å²) in [7, 11) is 0. The number of ether oxygens (including phenoxy) is 1. The van der Waals surface area contributed by atoms with Crippen LogP contribution < -0.4 is 4.74 Å². The van der Waals surface area contributed by atoms with Gasteiger partial charge in [-0.15, -0.1) is 0 Å². The van der Waals surface area contributed by atoms with Gasteiger partial charge in [0.25, 0.3) is 0 Å². The van der Waals surface area contributed by atoms with Crippen molar-refractivity contribution in [2.24, 2.45) is 0 Å². The zero-order chi connectivity index (χ0) is 13.2. The number of aromatic nitrogens is 2. The topological polar surface area (TPSA) is 64.3 Å². The summed E-state index contributed by atoms with van der Waals surface area (Å²) in [5.74, 6) is 0.184. The van der Waals surface area contributed by atoms with Crippen molar-refractivity contribution in [3.63, 3.8) is 0 Å². The first kappa shape index (κ1) is 11.8. The van der Waals surface area contributed by atoms with Gasteiger partial charge in [-0.2, -0.15) is 5.10 Å². The second-order valence-electron chi connectivity index (χ2n) is 4.58. The van der Waals surface area contributed by atoms with Gasteiger partial charge in [-0.3, -0.25) is 4.68 Å². The Kier molecular flexibility index (Phi) is 2.95. The van der Waals surface area contributed by atoms with Gasteiger partial charge in [-0.1, -0.05) is 18.2 Å². The van der Waals surface area contributed by atoms with E-state index in [1.807, 2.05) is 24.3 Å². The Balaban J connectivity index is 1.89. The number of aromatic carboxylic acids is 1. The predicted molar refractivity (Wildman–Crippen MR) is 68.5 cm³/mol. The summed E-state index contributed by atoms with van der Waals surface area (Å²) < 4.78 is 7.16. The van der Waals surface area contributed by atoms with E-state index in [4.69, 9.17) is 9.84 Å². The molecule has 0 spiro atoms. The highest BCUT2D eigenvalue weighted by Gasteiger charge is 2.23. The SMILES string of the molecule is O=C(O)c1ccnn1CC1CCOc2ccccc21. The largest absolute Gasteiger partial charge is 0.493 e. The van der Waals surface area contributed by atoms with Gasteiger partial charge in [0.15, 0.2) is 0 Å². The molecule has 0 saturated heterocycles. The van der Waals surface area contributed by atoms with Gasteiger partial charge in [-0.25, -0.2) is 4.79 Å². The first-order chi connectivity index (χ1) is 9.25. The van der Waals surface area contributed by atoms with Crippen LogP contribution in [0.25, 0.3) is 0 Å². The Labute approximate surface area is 110 Å². The van der Waals surface area contributed by atoms with Crippen LogP contribution in [0.2, 0.25) is 0 Å². The first-order valence-corrected chi connectivity index (χ1v) is 6.22. The van der Waals surface area contributed by atoms with E-state index in [-0.39, 0.29) is 11.6 Å². The van der Waals surface area contributed by atoms with E-state index in [2.05, 4.69) is 5.10 Å². The molecule has 98 valence electrons. The standard InChI is InChI=1S/C14H14N2O3/c17-14(18)12-5-7-15-16(12)9-10-6-8-19-13-4-2-1-3-11(10)13/h1-5,7,10H,6,8-9H2,(H,17,18). The van der Waals surface area contributed by atoms with Crippen LogP contribution in [0.4, 0.5) is 0 Å². The van der Waals surface area contributed by atoms with Crippen LogP contribution in [0.15, 0.2) is 36.5 Å². The number of carbonyl (C=O) groups is 1. The molecule has 1 unspecified atom stereocenters. The summed E-state index contributed by atoms with van der Waals surface area (Å²) >= 11 is 0. The van der Waals surface area contributed by atoms with Gasteiger partial charge in [0.2, 0.25) is 0 Å². The minimum Gasteiger partial charge on any atom is -0.493 e. The number of carboxylic acid groups (broad SMARTS) is 1. The van der Waals surface area contributed by atoms with Crippen LogP contribution >= 0.6 is 0 Å². The average Bonchev–Trinajstić information content (AvgIpc) is 2.87. The fourth-order valence-electron chi connectivity index (χ4n) is 2.47. The third-order valence-electron chi connectivity index (χ3n) is 3.41. The van der Waals surface area contributed by atoms with Gasteiger partial charge in [0.1, 0.15) is 11.4 Å². The summed E-state index contributed by atoms with van der Waals surface area (Å²) in [5.41, 5.74) is 1.35. The number of rotatable bonds is 3. The van der Waals surface area contributed by atoms with Crippen LogP contribution in [0.1, 0.15) is 28.4 Å². The van der Waals surface area contributed by atoms with Crippen molar-refractivity contribution in [1.82, 2.24) is 9.78 Å². The molecular weight excluding hydrogens is 244 g/mol. The van der Waals surface area contributed by atoms with Gasteiger partial charge in [0.05, 0.1) is 6.61 Å². The molecule has 3 rings (SSSR count). The van der Waals surface area contributed by atoms with E-state index < -0.39 is 5.97 Å². The molecule has 1 aromatic heterocycles. The number of carboxylic acids is 1. The van der Waals surface area contributed by atoms with E-state index in [0.29, 0.717) is 13.2 Å². The summed E-state index contributed by atoms with van der Waals surface area (Å²) in [6.07, 6.45) is 2.39. The molecule has 1 aliphatic heterocycles. The Hall–Kier alpha value is -2.30. The van der Waals surface area contributed by atoms with Gasteiger partial charge in [-0.05, 0) is 24.1 Å². The number of hydrogen-bond acceptors (Lipinski definition) is 3. The lowest BCUT2D eigenvalue weighted by atomic mass is 9.93. The second kappa shape index (κ2) is 4.76. The molecule has 1 atom stereocenters. The van der Waals surface area contributed by atoms with Gasteiger partial charge >= 0.3 is 5.97 Å². The van der Waals surface area contributed by atoms with E-state index in [1.165, 1.54) is 12.3 Å². The number of para-hydroxylation sites is 1. The van der Waals surface area contributed by atoms with Crippen molar-refractivity contribution in [2.75, 3.05) is 6.61 Å². The molecule has 0 saturated carbocycles. The lowest BCUT2D eigenvalue weighted by Gasteiger charge is -2.26. The van der Waals surface area contributed by atoms with Crippen LogP contribution in [-0.2, 0) is 6.54 Å². The van der Waals surface area contributed by atoms with Crippen molar-refractivity contribution >= 4 is 5.97 Å². The molecule has 1 N–H and O–H groups in total. The van der Waals surface area contributed by atoms with Crippen LogP contribution in [0.3, 0.4) is 0 Å². The highest BCUT2D eigenvalue weighted by atomic mass is 16.5. The molecule has 1 aliphatic rings. The highest BCUT2D eigenvalue weighted by molar-refractivity contribution is 5.85. The molecule has 2 aromatic rings. The monoisotopic (exact) mass is 258 g/mol. The number of benzene rings is 1. The van der Waals surface area contributed by atoms with E-state index in [9.17, 15) is 4.79 Å². The number of hydrogen-bond donors (Lipinski definition) is 1. The van der Waals surface area contributed by atoms with Crippen molar-refractivity contribution < 1.29 is 14.6 Å².